The lowest BCUT2D eigenvalue weighted by Gasteiger charge is -2.40. The zero-order chi connectivity index (χ0) is 12.5. The van der Waals surface area contributed by atoms with Crippen LogP contribution in [0.1, 0.15) is 45.2 Å². The normalized spacial score (nSPS) is 19.5. The van der Waals surface area contributed by atoms with Crippen molar-refractivity contribution >= 4 is 0 Å². The van der Waals surface area contributed by atoms with E-state index in [1.54, 1.807) is 6.07 Å². The average molecular weight is 234 g/mol. The molecule has 0 aromatic carbocycles. The molecule has 0 bridgehead atoms. The Bertz CT molecular complexity index is 376. The van der Waals surface area contributed by atoms with Gasteiger partial charge in [0.1, 0.15) is 0 Å². The summed E-state index contributed by atoms with van der Waals surface area (Å²) >= 11 is 0. The van der Waals surface area contributed by atoms with Gasteiger partial charge >= 0.3 is 0 Å². The molecule has 94 valence electrons. The summed E-state index contributed by atoms with van der Waals surface area (Å²) in [4.78, 5) is 6.74. The van der Waals surface area contributed by atoms with Crippen LogP contribution in [0.2, 0.25) is 0 Å². The molecule has 1 saturated heterocycles. The second-order valence-electron chi connectivity index (χ2n) is 5.85. The standard InChI is InChI=1S/C14H22N2O/c1-14(2,3)16-9-7-11(8-10-16)12-5-4-6-13(17)15-12/h4-6,11H,7-10H2,1-3H3,(H,15,17). The lowest BCUT2D eigenvalue weighted by atomic mass is 9.90. The predicted octanol–water partition coefficient (Wildman–Crippen LogP) is 2.77. The lowest BCUT2D eigenvalue weighted by Crippen LogP contribution is -2.45. The fourth-order valence-electron chi connectivity index (χ4n) is 2.51. The predicted molar refractivity (Wildman–Crippen MR) is 69.2 cm³/mol. The van der Waals surface area contributed by atoms with Crippen molar-refractivity contribution < 1.29 is 5.11 Å². The maximum absolute atomic E-state index is 9.40. The van der Waals surface area contributed by atoms with Gasteiger partial charge in [-0.3, -0.25) is 4.90 Å². The molecule has 0 unspecified atom stereocenters. The molecule has 2 heterocycles. The largest absolute Gasteiger partial charge is 0.493 e. The SMILES string of the molecule is CC(C)(C)N1CCC(c2cccc(O)n2)CC1. The molecule has 3 heteroatoms. The highest BCUT2D eigenvalue weighted by molar-refractivity contribution is 5.18. The van der Waals surface area contributed by atoms with Crippen LogP contribution in [0.25, 0.3) is 0 Å². The van der Waals surface area contributed by atoms with Gasteiger partial charge in [0.15, 0.2) is 0 Å². The van der Waals surface area contributed by atoms with Crippen molar-refractivity contribution in [2.24, 2.45) is 0 Å². The first-order chi connectivity index (χ1) is 7.97. The molecule has 0 radical (unpaired) electrons. The van der Waals surface area contributed by atoms with E-state index in [1.807, 2.05) is 12.1 Å². The van der Waals surface area contributed by atoms with E-state index < -0.39 is 0 Å². The summed E-state index contributed by atoms with van der Waals surface area (Å²) in [6.07, 6.45) is 2.27. The number of hydrogen-bond donors (Lipinski definition) is 1. The molecule has 0 aliphatic carbocycles. The number of likely N-dealkylation sites (tertiary alicyclic amines) is 1. The number of aromatic hydroxyl groups is 1. The Kier molecular flexibility index (Phi) is 3.38. The third kappa shape index (κ3) is 2.97. The molecule has 0 saturated carbocycles. The van der Waals surface area contributed by atoms with Crippen LogP contribution in [0.4, 0.5) is 0 Å². The van der Waals surface area contributed by atoms with Crippen molar-refractivity contribution in [1.29, 1.82) is 0 Å². The molecule has 17 heavy (non-hydrogen) atoms. The maximum Gasteiger partial charge on any atom is 0.210 e. The van der Waals surface area contributed by atoms with E-state index in [0.717, 1.165) is 31.6 Å². The summed E-state index contributed by atoms with van der Waals surface area (Å²) in [6, 6.07) is 5.54. The lowest BCUT2D eigenvalue weighted by molar-refractivity contribution is 0.101. The van der Waals surface area contributed by atoms with Gasteiger partial charge in [0.2, 0.25) is 5.88 Å². The van der Waals surface area contributed by atoms with Gasteiger partial charge in [-0.2, -0.15) is 0 Å². The fraction of sp³-hybridized carbons (Fsp3) is 0.643. The third-order valence-corrected chi connectivity index (χ3v) is 3.62. The van der Waals surface area contributed by atoms with Crippen LogP contribution in [-0.4, -0.2) is 33.6 Å². The molecule has 0 spiro atoms. The van der Waals surface area contributed by atoms with Gasteiger partial charge in [0.25, 0.3) is 0 Å². The van der Waals surface area contributed by atoms with Crippen LogP contribution in [0.15, 0.2) is 18.2 Å². The van der Waals surface area contributed by atoms with Gasteiger partial charge in [0, 0.05) is 23.2 Å². The summed E-state index contributed by atoms with van der Waals surface area (Å²) < 4.78 is 0. The molecule has 1 aromatic rings. The van der Waals surface area contributed by atoms with Crippen LogP contribution in [0.5, 0.6) is 5.88 Å². The van der Waals surface area contributed by atoms with Crippen molar-refractivity contribution in [1.82, 2.24) is 9.88 Å². The highest BCUT2D eigenvalue weighted by Crippen LogP contribution is 2.30. The van der Waals surface area contributed by atoms with Gasteiger partial charge in [0.05, 0.1) is 0 Å². The van der Waals surface area contributed by atoms with Crippen molar-refractivity contribution in [2.45, 2.75) is 45.1 Å². The molecule has 0 atom stereocenters. The van der Waals surface area contributed by atoms with Crippen molar-refractivity contribution in [3.8, 4) is 5.88 Å². The first-order valence-electron chi connectivity index (χ1n) is 6.38. The number of hydrogen-bond acceptors (Lipinski definition) is 3. The minimum absolute atomic E-state index is 0.140. The Morgan fingerprint density at radius 3 is 2.41 bits per heavy atom. The van der Waals surface area contributed by atoms with Crippen molar-refractivity contribution in [3.63, 3.8) is 0 Å². The van der Waals surface area contributed by atoms with E-state index in [-0.39, 0.29) is 11.4 Å². The molecule has 1 fully saturated rings. The number of pyridine rings is 1. The zero-order valence-electron chi connectivity index (χ0n) is 11.0. The van der Waals surface area contributed by atoms with Crippen LogP contribution in [0, 0.1) is 0 Å². The van der Waals surface area contributed by atoms with Gasteiger partial charge in [-0.05, 0) is 52.8 Å². The molecule has 1 aromatic heterocycles. The Morgan fingerprint density at radius 2 is 1.88 bits per heavy atom. The molecule has 3 nitrogen and oxygen atoms in total. The van der Waals surface area contributed by atoms with E-state index in [0.29, 0.717) is 5.92 Å². The van der Waals surface area contributed by atoms with Gasteiger partial charge in [-0.25, -0.2) is 4.98 Å². The van der Waals surface area contributed by atoms with Crippen LogP contribution in [-0.2, 0) is 0 Å². The van der Waals surface area contributed by atoms with Gasteiger partial charge in [-0.15, -0.1) is 0 Å². The first kappa shape index (κ1) is 12.4. The number of aromatic nitrogens is 1. The Labute approximate surface area is 103 Å². The highest BCUT2D eigenvalue weighted by atomic mass is 16.3. The summed E-state index contributed by atoms with van der Waals surface area (Å²) in [7, 11) is 0. The van der Waals surface area contributed by atoms with E-state index in [9.17, 15) is 5.11 Å². The van der Waals surface area contributed by atoms with E-state index >= 15 is 0 Å². The topological polar surface area (TPSA) is 36.4 Å². The van der Waals surface area contributed by atoms with Crippen molar-refractivity contribution in [3.05, 3.63) is 23.9 Å². The average Bonchev–Trinajstić information content (AvgIpc) is 2.28. The van der Waals surface area contributed by atoms with Crippen LogP contribution < -0.4 is 0 Å². The van der Waals surface area contributed by atoms with E-state index in [2.05, 4.69) is 30.7 Å². The molecule has 1 N–H and O–H groups in total. The smallest absolute Gasteiger partial charge is 0.210 e. The third-order valence-electron chi connectivity index (χ3n) is 3.62. The van der Waals surface area contributed by atoms with Gasteiger partial charge < -0.3 is 5.11 Å². The summed E-state index contributed by atoms with van der Waals surface area (Å²) in [5.41, 5.74) is 1.30. The van der Waals surface area contributed by atoms with E-state index in [4.69, 9.17) is 0 Å². The molecule has 1 aliphatic rings. The summed E-state index contributed by atoms with van der Waals surface area (Å²) in [5.74, 6) is 0.640. The Balaban J connectivity index is 2.00. The zero-order valence-corrected chi connectivity index (χ0v) is 11.0. The Morgan fingerprint density at radius 1 is 1.24 bits per heavy atom. The number of nitrogens with zero attached hydrogens (tertiary/aromatic N) is 2. The number of piperidine rings is 1. The Hall–Kier alpha value is -1.09. The van der Waals surface area contributed by atoms with Crippen LogP contribution in [0.3, 0.4) is 0 Å². The first-order valence-corrected chi connectivity index (χ1v) is 6.38. The quantitative estimate of drug-likeness (QED) is 0.811. The summed E-state index contributed by atoms with van der Waals surface area (Å²) in [6.45, 7) is 9.02. The summed E-state index contributed by atoms with van der Waals surface area (Å²) in [5, 5.41) is 9.40. The molecular weight excluding hydrogens is 212 g/mol. The van der Waals surface area contributed by atoms with Crippen molar-refractivity contribution in [2.75, 3.05) is 13.1 Å². The fourth-order valence-corrected chi connectivity index (χ4v) is 2.51. The number of rotatable bonds is 1. The molecule has 1 aliphatic heterocycles. The molecule has 0 amide bonds. The highest BCUT2D eigenvalue weighted by Gasteiger charge is 2.28. The minimum atomic E-state index is 0.140. The maximum atomic E-state index is 9.40. The second kappa shape index (κ2) is 4.65. The second-order valence-corrected chi connectivity index (χ2v) is 5.85. The van der Waals surface area contributed by atoms with Crippen LogP contribution >= 0.6 is 0 Å². The van der Waals surface area contributed by atoms with E-state index in [1.165, 1.54) is 0 Å². The molecule has 2 rings (SSSR count). The minimum Gasteiger partial charge on any atom is -0.493 e. The monoisotopic (exact) mass is 234 g/mol. The molecular formula is C14H22N2O. The van der Waals surface area contributed by atoms with Gasteiger partial charge in [-0.1, -0.05) is 6.07 Å².